The van der Waals surface area contributed by atoms with Gasteiger partial charge >= 0.3 is 0 Å². The summed E-state index contributed by atoms with van der Waals surface area (Å²) in [6.45, 7) is 0.251. The van der Waals surface area contributed by atoms with Gasteiger partial charge in [-0.1, -0.05) is 12.1 Å². The summed E-state index contributed by atoms with van der Waals surface area (Å²) in [4.78, 5) is 0. The molecule has 0 bridgehead atoms. The zero-order chi connectivity index (χ0) is 13.8. The molecule has 0 aliphatic carbocycles. The molecule has 0 atom stereocenters. The van der Waals surface area contributed by atoms with Crippen LogP contribution in [0.25, 0.3) is 0 Å². The van der Waals surface area contributed by atoms with Gasteiger partial charge in [0, 0.05) is 5.56 Å². The summed E-state index contributed by atoms with van der Waals surface area (Å²) in [5.74, 6) is 1.62. The third-order valence-electron chi connectivity index (χ3n) is 2.80. The maximum absolute atomic E-state index is 9.56. The predicted molar refractivity (Wildman–Crippen MR) is 75.9 cm³/mol. The van der Waals surface area contributed by atoms with Crippen molar-refractivity contribution >= 4 is 12.4 Å². The average Bonchev–Trinajstić information content (AvgIpc) is 2.93. The lowest BCUT2D eigenvalue weighted by molar-refractivity contribution is 0.174. The third kappa shape index (κ3) is 2.61. The fourth-order valence-corrected chi connectivity index (χ4v) is 1.79. The van der Waals surface area contributed by atoms with Crippen LogP contribution in [0.5, 0.6) is 17.2 Å². The van der Waals surface area contributed by atoms with Gasteiger partial charge in [0.05, 0.1) is 12.4 Å². The van der Waals surface area contributed by atoms with E-state index in [1.807, 2.05) is 24.3 Å². The first kappa shape index (κ1) is 12.2. The highest BCUT2D eigenvalue weighted by Crippen LogP contribution is 2.31. The van der Waals surface area contributed by atoms with Crippen molar-refractivity contribution < 1.29 is 14.6 Å². The molecule has 1 aliphatic heterocycles. The van der Waals surface area contributed by atoms with Gasteiger partial charge < -0.3 is 14.6 Å². The van der Waals surface area contributed by atoms with Crippen molar-refractivity contribution in [1.82, 2.24) is 0 Å². The van der Waals surface area contributed by atoms with E-state index < -0.39 is 0 Å². The van der Waals surface area contributed by atoms with Gasteiger partial charge in [-0.25, -0.2) is 0 Å². The quantitative estimate of drug-likeness (QED) is 0.687. The number of phenols is 1. The number of ether oxygens (including phenoxy) is 2. The molecule has 5 nitrogen and oxygen atoms in total. The van der Waals surface area contributed by atoms with Gasteiger partial charge in [-0.2, -0.15) is 10.2 Å². The average molecular weight is 268 g/mol. The Hall–Kier alpha value is -2.82. The maximum atomic E-state index is 9.56. The summed E-state index contributed by atoms with van der Waals surface area (Å²) in [6, 6.07) is 12.5. The molecule has 5 heteroatoms. The molecule has 0 fully saturated rings. The fourth-order valence-electron chi connectivity index (χ4n) is 1.79. The number of para-hydroxylation sites is 1. The normalized spacial score (nSPS) is 13.4. The summed E-state index contributed by atoms with van der Waals surface area (Å²) < 4.78 is 10.5. The Morgan fingerprint density at radius 3 is 2.65 bits per heavy atom. The van der Waals surface area contributed by atoms with Crippen LogP contribution in [0.4, 0.5) is 0 Å². The lowest BCUT2D eigenvalue weighted by Gasteiger charge is -1.96. The van der Waals surface area contributed by atoms with Crippen molar-refractivity contribution in [3.8, 4) is 17.2 Å². The molecule has 20 heavy (non-hydrogen) atoms. The Balaban J connectivity index is 1.70. The smallest absolute Gasteiger partial charge is 0.231 e. The van der Waals surface area contributed by atoms with Gasteiger partial charge in [0.25, 0.3) is 0 Å². The van der Waals surface area contributed by atoms with Crippen molar-refractivity contribution in [1.29, 1.82) is 0 Å². The summed E-state index contributed by atoms with van der Waals surface area (Å²) in [5.41, 5.74) is 1.49. The first-order valence-corrected chi connectivity index (χ1v) is 6.07. The van der Waals surface area contributed by atoms with Crippen LogP contribution in [-0.2, 0) is 0 Å². The van der Waals surface area contributed by atoms with Gasteiger partial charge in [0.15, 0.2) is 11.5 Å². The number of hydrogen-bond acceptors (Lipinski definition) is 5. The van der Waals surface area contributed by atoms with Crippen LogP contribution in [0.2, 0.25) is 0 Å². The molecule has 0 aromatic heterocycles. The van der Waals surface area contributed by atoms with E-state index >= 15 is 0 Å². The minimum Gasteiger partial charge on any atom is -0.507 e. The number of phenolic OH excluding ortho intramolecular Hbond substituents is 1. The zero-order valence-corrected chi connectivity index (χ0v) is 10.6. The second-order valence-electron chi connectivity index (χ2n) is 4.16. The topological polar surface area (TPSA) is 63.4 Å². The molecule has 0 radical (unpaired) electrons. The van der Waals surface area contributed by atoms with E-state index in [2.05, 4.69) is 10.2 Å². The number of hydrogen-bond donors (Lipinski definition) is 1. The molecule has 0 spiro atoms. The summed E-state index contributed by atoms with van der Waals surface area (Å²) in [6.07, 6.45) is 3.11. The lowest BCUT2D eigenvalue weighted by Crippen LogP contribution is -1.92. The van der Waals surface area contributed by atoms with Crippen molar-refractivity contribution in [3.63, 3.8) is 0 Å². The lowest BCUT2D eigenvalue weighted by atomic mass is 10.2. The Labute approximate surface area is 115 Å². The number of rotatable bonds is 3. The van der Waals surface area contributed by atoms with Gasteiger partial charge in [-0.3, -0.25) is 0 Å². The van der Waals surface area contributed by atoms with Gasteiger partial charge in [0.1, 0.15) is 5.75 Å². The van der Waals surface area contributed by atoms with Crippen molar-refractivity contribution in [2.24, 2.45) is 10.2 Å². The van der Waals surface area contributed by atoms with E-state index in [0.717, 1.165) is 11.3 Å². The number of fused-ring (bicyclic) bond motifs is 1. The molecular formula is C15H12N2O3. The van der Waals surface area contributed by atoms with Gasteiger partial charge in [0.2, 0.25) is 6.79 Å². The molecule has 0 amide bonds. The molecule has 100 valence electrons. The van der Waals surface area contributed by atoms with E-state index in [-0.39, 0.29) is 12.5 Å². The van der Waals surface area contributed by atoms with E-state index in [9.17, 15) is 5.11 Å². The molecule has 0 saturated carbocycles. The van der Waals surface area contributed by atoms with Crippen LogP contribution >= 0.6 is 0 Å². The largest absolute Gasteiger partial charge is 0.507 e. The minimum atomic E-state index is 0.175. The Kier molecular flexibility index (Phi) is 3.33. The Morgan fingerprint density at radius 1 is 0.950 bits per heavy atom. The summed E-state index contributed by atoms with van der Waals surface area (Å²) in [5, 5.41) is 17.4. The molecule has 2 aromatic carbocycles. The van der Waals surface area contributed by atoms with Crippen LogP contribution < -0.4 is 9.47 Å². The molecular weight excluding hydrogens is 256 g/mol. The molecule has 1 heterocycles. The molecule has 0 saturated heterocycles. The highest BCUT2D eigenvalue weighted by atomic mass is 16.7. The van der Waals surface area contributed by atoms with E-state index in [4.69, 9.17) is 9.47 Å². The number of benzene rings is 2. The molecule has 2 aromatic rings. The van der Waals surface area contributed by atoms with Crippen LogP contribution in [0.15, 0.2) is 52.7 Å². The first-order chi connectivity index (χ1) is 9.83. The van der Waals surface area contributed by atoms with Crippen molar-refractivity contribution in [2.45, 2.75) is 0 Å². The fraction of sp³-hybridized carbons (Fsp3) is 0.0667. The van der Waals surface area contributed by atoms with E-state index in [0.29, 0.717) is 11.3 Å². The van der Waals surface area contributed by atoms with Crippen LogP contribution in [0.3, 0.4) is 0 Å². The van der Waals surface area contributed by atoms with Crippen LogP contribution in [-0.4, -0.2) is 24.3 Å². The Bertz CT molecular complexity index is 681. The number of aromatic hydroxyl groups is 1. The second kappa shape index (κ2) is 5.44. The van der Waals surface area contributed by atoms with E-state index in [1.54, 1.807) is 24.4 Å². The predicted octanol–water partition coefficient (Wildman–Crippen LogP) is 2.57. The van der Waals surface area contributed by atoms with Crippen molar-refractivity contribution in [3.05, 3.63) is 53.6 Å². The molecule has 0 unspecified atom stereocenters. The maximum Gasteiger partial charge on any atom is 0.231 e. The van der Waals surface area contributed by atoms with Crippen LogP contribution in [0, 0.1) is 0 Å². The SMILES string of the molecule is Oc1ccccc1C=NN=Cc1ccc2c(c1)OCO2. The standard InChI is InChI=1S/C15H12N2O3/c18-13-4-2-1-3-12(13)9-17-16-8-11-5-6-14-15(7-11)20-10-19-14/h1-9,18H,10H2. The van der Waals surface area contributed by atoms with E-state index in [1.165, 1.54) is 6.21 Å². The van der Waals surface area contributed by atoms with Crippen LogP contribution in [0.1, 0.15) is 11.1 Å². The summed E-state index contributed by atoms with van der Waals surface area (Å²) in [7, 11) is 0. The zero-order valence-electron chi connectivity index (χ0n) is 10.6. The second-order valence-corrected chi connectivity index (χ2v) is 4.16. The number of nitrogens with zero attached hydrogens (tertiary/aromatic N) is 2. The minimum absolute atomic E-state index is 0.175. The van der Waals surface area contributed by atoms with Gasteiger partial charge in [-0.05, 0) is 35.9 Å². The Morgan fingerprint density at radius 2 is 1.75 bits per heavy atom. The highest BCUT2D eigenvalue weighted by molar-refractivity contribution is 5.85. The summed E-state index contributed by atoms with van der Waals surface area (Å²) >= 11 is 0. The molecule has 3 rings (SSSR count). The van der Waals surface area contributed by atoms with Crippen molar-refractivity contribution in [2.75, 3.05) is 6.79 Å². The molecule has 1 N–H and O–H groups in total. The monoisotopic (exact) mass is 268 g/mol. The molecule has 1 aliphatic rings. The third-order valence-corrected chi connectivity index (χ3v) is 2.80. The highest BCUT2D eigenvalue weighted by Gasteiger charge is 2.12. The first-order valence-electron chi connectivity index (χ1n) is 6.07. The van der Waals surface area contributed by atoms with Gasteiger partial charge in [-0.15, -0.1) is 0 Å².